The molecule has 1 aromatic carbocycles. The number of hydrogen-bond donors (Lipinski definition) is 2. The van der Waals surface area contributed by atoms with Crippen LogP contribution in [0.25, 0.3) is 0 Å². The minimum Gasteiger partial charge on any atom is -0.380 e. The number of nitrogens with zero attached hydrogens (tertiary/aromatic N) is 1. The lowest BCUT2D eigenvalue weighted by atomic mass is 9.70. The van der Waals surface area contributed by atoms with Crippen LogP contribution in [-0.4, -0.2) is 41.5 Å². The number of rotatable bonds is 2. The maximum Gasteiger partial charge on any atom is 0.187 e. The summed E-state index contributed by atoms with van der Waals surface area (Å²) in [5, 5.41) is 15.2. The van der Waals surface area contributed by atoms with Crippen LogP contribution in [0.15, 0.2) is 36.9 Å². The van der Waals surface area contributed by atoms with Crippen LogP contribution in [-0.2, 0) is 10.3 Å². The minimum atomic E-state index is -0.921. The highest BCUT2D eigenvalue weighted by Gasteiger charge is 2.67. The molecule has 4 saturated heterocycles. The molecular formula is C19H24N2O2. The Kier molecular flexibility index (Phi) is 2.80. The number of hydrogen-bond acceptors (Lipinski definition) is 4. The number of ether oxygens (including phenoxy) is 1. The van der Waals surface area contributed by atoms with Crippen molar-refractivity contribution in [3.8, 4) is 0 Å². The Morgan fingerprint density at radius 2 is 2.26 bits per heavy atom. The molecule has 5 heterocycles. The van der Waals surface area contributed by atoms with Gasteiger partial charge < -0.3 is 15.2 Å². The van der Waals surface area contributed by atoms with Crippen LogP contribution < -0.4 is 5.32 Å². The van der Waals surface area contributed by atoms with E-state index in [1.54, 1.807) is 0 Å². The molecular weight excluding hydrogens is 288 g/mol. The number of para-hydroxylation sites is 1. The maximum absolute atomic E-state index is 11.6. The average Bonchev–Trinajstić information content (AvgIpc) is 3.05. The highest BCUT2D eigenvalue weighted by atomic mass is 16.5. The molecule has 0 radical (unpaired) electrons. The molecule has 6 rings (SSSR count). The lowest BCUT2D eigenvalue weighted by molar-refractivity contribution is -0.168. The Balaban J connectivity index is 1.57. The van der Waals surface area contributed by atoms with Crippen LogP contribution in [0, 0.1) is 11.8 Å². The Hall–Kier alpha value is -1.36. The third-order valence-corrected chi connectivity index (χ3v) is 6.68. The minimum absolute atomic E-state index is 0.220. The molecule has 0 aliphatic carbocycles. The Bertz CT molecular complexity index is 663. The van der Waals surface area contributed by atoms with Crippen LogP contribution in [0.4, 0.5) is 5.69 Å². The van der Waals surface area contributed by atoms with Gasteiger partial charge in [-0.2, -0.15) is 0 Å². The molecule has 2 bridgehead atoms. The fourth-order valence-electron chi connectivity index (χ4n) is 5.51. The largest absolute Gasteiger partial charge is 0.380 e. The molecule has 122 valence electrons. The topological polar surface area (TPSA) is 44.7 Å². The van der Waals surface area contributed by atoms with Gasteiger partial charge in [0, 0.05) is 24.2 Å². The molecule has 6 atom stereocenters. The molecule has 2 N–H and O–H groups in total. The highest BCUT2D eigenvalue weighted by Crippen LogP contribution is 2.57. The summed E-state index contributed by atoms with van der Waals surface area (Å²) in [5.41, 5.74) is 0.412. The summed E-state index contributed by atoms with van der Waals surface area (Å²) in [6.45, 7) is 6.76. The van der Waals surface area contributed by atoms with Crippen molar-refractivity contribution in [2.75, 3.05) is 25.0 Å². The first-order valence-corrected chi connectivity index (χ1v) is 8.78. The fraction of sp³-hybridized carbons (Fsp3) is 0.579. The predicted octanol–water partition coefficient (Wildman–Crippen LogP) is 2.31. The molecule has 0 saturated carbocycles. The highest BCUT2D eigenvalue weighted by molar-refractivity contribution is 5.63. The van der Waals surface area contributed by atoms with Crippen LogP contribution in [0.3, 0.4) is 0 Å². The molecule has 5 aliphatic rings. The number of aliphatic hydroxyl groups is 1. The molecule has 0 amide bonds. The van der Waals surface area contributed by atoms with Crippen molar-refractivity contribution < 1.29 is 9.84 Å². The Morgan fingerprint density at radius 3 is 3.04 bits per heavy atom. The SMILES string of the molecule is C=C[C@H]1CN2CC[C@H]1C[C@H]2C12Nc3ccccc3C1(O)CCO2. The molecule has 0 aromatic heterocycles. The van der Waals surface area contributed by atoms with Crippen molar-refractivity contribution in [1.82, 2.24) is 4.90 Å². The van der Waals surface area contributed by atoms with E-state index in [0.717, 1.165) is 30.8 Å². The van der Waals surface area contributed by atoms with Crippen molar-refractivity contribution >= 4 is 5.69 Å². The second-order valence-corrected chi connectivity index (χ2v) is 7.56. The summed E-state index contributed by atoms with van der Waals surface area (Å²) in [7, 11) is 0. The van der Waals surface area contributed by atoms with Crippen LogP contribution >= 0.6 is 0 Å². The van der Waals surface area contributed by atoms with E-state index in [9.17, 15) is 5.11 Å². The van der Waals surface area contributed by atoms with E-state index in [1.165, 1.54) is 6.42 Å². The van der Waals surface area contributed by atoms with Crippen molar-refractivity contribution in [2.24, 2.45) is 11.8 Å². The number of piperidine rings is 3. The second-order valence-electron chi connectivity index (χ2n) is 7.56. The van der Waals surface area contributed by atoms with Crippen LogP contribution in [0.5, 0.6) is 0 Å². The van der Waals surface area contributed by atoms with Crippen molar-refractivity contribution in [3.05, 3.63) is 42.5 Å². The quantitative estimate of drug-likeness (QED) is 0.823. The molecule has 5 aliphatic heterocycles. The van der Waals surface area contributed by atoms with E-state index in [1.807, 2.05) is 18.2 Å². The van der Waals surface area contributed by atoms with Crippen LogP contribution in [0.1, 0.15) is 24.8 Å². The number of nitrogens with one attached hydrogen (secondary N) is 1. The number of anilines is 1. The fourth-order valence-corrected chi connectivity index (χ4v) is 5.51. The zero-order valence-corrected chi connectivity index (χ0v) is 13.4. The van der Waals surface area contributed by atoms with Gasteiger partial charge in [0.2, 0.25) is 0 Å². The summed E-state index contributed by atoms with van der Waals surface area (Å²) in [6.07, 6.45) is 5.08. The summed E-state index contributed by atoms with van der Waals surface area (Å²) in [4.78, 5) is 2.52. The summed E-state index contributed by atoms with van der Waals surface area (Å²) in [5.74, 6) is 1.24. The molecule has 3 unspecified atom stereocenters. The normalized spacial score (nSPS) is 47.0. The van der Waals surface area contributed by atoms with Gasteiger partial charge in [-0.1, -0.05) is 24.3 Å². The predicted molar refractivity (Wildman–Crippen MR) is 89.0 cm³/mol. The van der Waals surface area contributed by atoms with Crippen molar-refractivity contribution in [2.45, 2.75) is 36.6 Å². The first-order chi connectivity index (χ1) is 11.2. The molecule has 23 heavy (non-hydrogen) atoms. The van der Waals surface area contributed by atoms with E-state index < -0.39 is 11.3 Å². The second kappa shape index (κ2) is 4.59. The van der Waals surface area contributed by atoms with E-state index in [2.05, 4.69) is 28.9 Å². The van der Waals surface area contributed by atoms with Gasteiger partial charge in [-0.05, 0) is 37.3 Å². The Morgan fingerprint density at radius 1 is 1.39 bits per heavy atom. The van der Waals surface area contributed by atoms with E-state index in [4.69, 9.17) is 4.74 Å². The molecule has 0 spiro atoms. The third-order valence-electron chi connectivity index (χ3n) is 6.68. The first-order valence-electron chi connectivity index (χ1n) is 8.78. The molecule has 4 heteroatoms. The van der Waals surface area contributed by atoms with Gasteiger partial charge in [-0.15, -0.1) is 6.58 Å². The van der Waals surface area contributed by atoms with Crippen LogP contribution in [0.2, 0.25) is 0 Å². The maximum atomic E-state index is 11.6. The van der Waals surface area contributed by atoms with Gasteiger partial charge >= 0.3 is 0 Å². The van der Waals surface area contributed by atoms with E-state index >= 15 is 0 Å². The smallest absolute Gasteiger partial charge is 0.187 e. The monoisotopic (exact) mass is 312 g/mol. The lowest BCUT2D eigenvalue weighted by Crippen LogP contribution is -2.68. The Labute approximate surface area is 137 Å². The van der Waals surface area contributed by atoms with Gasteiger partial charge in [0.05, 0.1) is 12.6 Å². The first kappa shape index (κ1) is 14.0. The lowest BCUT2D eigenvalue weighted by Gasteiger charge is -2.55. The van der Waals surface area contributed by atoms with Gasteiger partial charge in [-0.25, -0.2) is 0 Å². The summed E-state index contributed by atoms with van der Waals surface area (Å²) in [6, 6.07) is 8.35. The molecule has 4 fully saturated rings. The van der Waals surface area contributed by atoms with Gasteiger partial charge in [0.15, 0.2) is 5.72 Å². The number of benzene rings is 1. The van der Waals surface area contributed by atoms with Gasteiger partial charge in [0.25, 0.3) is 0 Å². The average molecular weight is 312 g/mol. The van der Waals surface area contributed by atoms with Crippen molar-refractivity contribution in [1.29, 1.82) is 0 Å². The summed E-state index contributed by atoms with van der Waals surface area (Å²) < 4.78 is 6.28. The summed E-state index contributed by atoms with van der Waals surface area (Å²) >= 11 is 0. The molecule has 1 aromatic rings. The number of fused-ring (bicyclic) bond motifs is 7. The standard InChI is InChI=1S/C19H24N2O2/c1-2-13-12-21-9-7-14(13)11-17(21)19-18(22,8-10-23-19)15-5-3-4-6-16(15)20-19/h2-6,13-14,17,20,22H,1,7-12H2/t13-,14-,17-,18?,19?/m0/s1. The van der Waals surface area contributed by atoms with E-state index in [0.29, 0.717) is 24.9 Å². The van der Waals surface area contributed by atoms with Gasteiger partial charge in [-0.3, -0.25) is 4.90 Å². The van der Waals surface area contributed by atoms with E-state index in [-0.39, 0.29) is 6.04 Å². The van der Waals surface area contributed by atoms with Gasteiger partial charge in [0.1, 0.15) is 5.60 Å². The zero-order chi connectivity index (χ0) is 15.7. The van der Waals surface area contributed by atoms with Crippen molar-refractivity contribution in [3.63, 3.8) is 0 Å². The third kappa shape index (κ3) is 1.61. The molecule has 4 nitrogen and oxygen atoms in total. The zero-order valence-electron chi connectivity index (χ0n) is 13.4.